The van der Waals surface area contributed by atoms with Gasteiger partial charge in [0.15, 0.2) is 0 Å². The van der Waals surface area contributed by atoms with Gasteiger partial charge in [-0.05, 0) is 25.1 Å². The van der Waals surface area contributed by atoms with E-state index in [1.165, 1.54) is 12.1 Å². The molecule has 1 aromatic heterocycles. The zero-order valence-corrected chi connectivity index (χ0v) is 10.1. The van der Waals surface area contributed by atoms with Crippen LogP contribution in [-0.2, 0) is 0 Å². The van der Waals surface area contributed by atoms with Crippen LogP contribution in [0.25, 0.3) is 11.4 Å². The van der Waals surface area contributed by atoms with Crippen LogP contribution in [0.3, 0.4) is 0 Å². The lowest BCUT2D eigenvalue weighted by molar-refractivity contribution is 0.432. The Morgan fingerprint density at radius 3 is 3.06 bits per heavy atom. The normalized spacial score (nSPS) is 10.4. The highest BCUT2D eigenvalue weighted by Crippen LogP contribution is 2.27. The molecule has 0 fully saturated rings. The van der Waals surface area contributed by atoms with Crippen LogP contribution in [0.15, 0.2) is 27.2 Å². The van der Waals surface area contributed by atoms with Gasteiger partial charge >= 0.3 is 6.01 Å². The fourth-order valence-electron chi connectivity index (χ4n) is 1.22. The lowest BCUT2D eigenvalue weighted by Gasteiger charge is -1.98. The van der Waals surface area contributed by atoms with E-state index in [9.17, 15) is 4.39 Å². The fourth-order valence-corrected chi connectivity index (χ4v) is 1.65. The van der Waals surface area contributed by atoms with Gasteiger partial charge in [-0.15, -0.1) is 0 Å². The number of rotatable bonds is 3. The van der Waals surface area contributed by atoms with E-state index in [4.69, 9.17) is 4.52 Å². The molecule has 0 spiro atoms. The number of halogens is 2. The quantitative estimate of drug-likeness (QED) is 0.942. The number of aromatic nitrogens is 2. The zero-order chi connectivity index (χ0) is 11.5. The average molecular weight is 286 g/mol. The molecule has 84 valence electrons. The standard InChI is InChI=1S/C10H9BrFN3O/c1-2-13-10-14-9(15-16-10)7-5-6(12)3-4-8(7)11/h3-5H,2H2,1H3,(H,13,14,15). The van der Waals surface area contributed by atoms with Gasteiger partial charge in [0, 0.05) is 16.6 Å². The van der Waals surface area contributed by atoms with Crippen molar-refractivity contribution in [3.05, 3.63) is 28.5 Å². The predicted molar refractivity (Wildman–Crippen MR) is 61.6 cm³/mol. The molecule has 0 bridgehead atoms. The van der Waals surface area contributed by atoms with E-state index in [-0.39, 0.29) is 5.82 Å². The van der Waals surface area contributed by atoms with Crippen LogP contribution in [0.5, 0.6) is 0 Å². The highest BCUT2D eigenvalue weighted by atomic mass is 79.9. The molecule has 0 aliphatic rings. The Kier molecular flexibility index (Phi) is 3.19. The van der Waals surface area contributed by atoms with Crippen LogP contribution >= 0.6 is 15.9 Å². The molecule has 0 saturated heterocycles. The molecule has 0 aliphatic carbocycles. The van der Waals surface area contributed by atoms with Crippen LogP contribution < -0.4 is 5.32 Å². The van der Waals surface area contributed by atoms with Crippen LogP contribution in [0.2, 0.25) is 0 Å². The van der Waals surface area contributed by atoms with Crippen molar-refractivity contribution in [3.8, 4) is 11.4 Å². The van der Waals surface area contributed by atoms with Crippen molar-refractivity contribution in [1.29, 1.82) is 0 Å². The van der Waals surface area contributed by atoms with E-state index in [2.05, 4.69) is 31.4 Å². The molecule has 0 amide bonds. The Morgan fingerprint density at radius 1 is 1.50 bits per heavy atom. The van der Waals surface area contributed by atoms with Crippen molar-refractivity contribution < 1.29 is 8.91 Å². The van der Waals surface area contributed by atoms with Gasteiger partial charge in [-0.2, -0.15) is 4.98 Å². The maximum atomic E-state index is 13.1. The maximum Gasteiger partial charge on any atom is 0.321 e. The molecule has 4 nitrogen and oxygen atoms in total. The monoisotopic (exact) mass is 285 g/mol. The van der Waals surface area contributed by atoms with Crippen molar-refractivity contribution in [1.82, 2.24) is 10.1 Å². The van der Waals surface area contributed by atoms with Crippen LogP contribution in [0.1, 0.15) is 6.92 Å². The highest BCUT2D eigenvalue weighted by Gasteiger charge is 2.11. The van der Waals surface area contributed by atoms with E-state index in [0.29, 0.717) is 23.9 Å². The summed E-state index contributed by atoms with van der Waals surface area (Å²) in [5, 5.41) is 6.64. The molecule has 2 aromatic rings. The highest BCUT2D eigenvalue weighted by molar-refractivity contribution is 9.10. The second kappa shape index (κ2) is 4.61. The first-order valence-electron chi connectivity index (χ1n) is 4.73. The molecule has 1 aromatic carbocycles. The van der Waals surface area contributed by atoms with Gasteiger partial charge in [-0.1, -0.05) is 21.1 Å². The third-order valence-corrected chi connectivity index (χ3v) is 2.61. The van der Waals surface area contributed by atoms with Crippen molar-refractivity contribution in [2.75, 3.05) is 11.9 Å². The van der Waals surface area contributed by atoms with Gasteiger partial charge in [0.2, 0.25) is 5.82 Å². The Balaban J connectivity index is 2.38. The third-order valence-electron chi connectivity index (χ3n) is 1.92. The Labute approximate surface area is 100.0 Å². The molecule has 0 radical (unpaired) electrons. The topological polar surface area (TPSA) is 51.0 Å². The van der Waals surface area contributed by atoms with E-state index in [1.54, 1.807) is 6.07 Å². The molecule has 2 rings (SSSR count). The summed E-state index contributed by atoms with van der Waals surface area (Å²) in [6.07, 6.45) is 0. The first-order chi connectivity index (χ1) is 7.70. The molecule has 0 atom stereocenters. The lowest BCUT2D eigenvalue weighted by atomic mass is 10.2. The Bertz CT molecular complexity index is 501. The van der Waals surface area contributed by atoms with Crippen molar-refractivity contribution in [3.63, 3.8) is 0 Å². The largest absolute Gasteiger partial charge is 0.338 e. The molecule has 1 heterocycles. The Morgan fingerprint density at radius 2 is 2.31 bits per heavy atom. The SMILES string of the molecule is CCNc1nc(-c2cc(F)ccc2Br)no1. The van der Waals surface area contributed by atoms with E-state index >= 15 is 0 Å². The molecular weight excluding hydrogens is 277 g/mol. The van der Waals surface area contributed by atoms with Crippen LogP contribution in [0, 0.1) is 5.82 Å². The van der Waals surface area contributed by atoms with Crippen molar-refractivity contribution in [2.45, 2.75) is 6.92 Å². The van der Waals surface area contributed by atoms with Gasteiger partial charge in [-0.3, -0.25) is 0 Å². The summed E-state index contributed by atoms with van der Waals surface area (Å²) in [6, 6.07) is 4.64. The minimum atomic E-state index is -0.340. The number of nitrogens with one attached hydrogen (secondary N) is 1. The summed E-state index contributed by atoms with van der Waals surface area (Å²) < 4.78 is 18.7. The second-order valence-corrected chi connectivity index (χ2v) is 3.93. The van der Waals surface area contributed by atoms with Crippen molar-refractivity contribution >= 4 is 21.9 Å². The van der Waals surface area contributed by atoms with Gasteiger partial charge in [-0.25, -0.2) is 4.39 Å². The summed E-state index contributed by atoms with van der Waals surface area (Å²) in [7, 11) is 0. The van der Waals surface area contributed by atoms with E-state index < -0.39 is 0 Å². The van der Waals surface area contributed by atoms with Gasteiger partial charge in [0.05, 0.1) is 0 Å². The van der Waals surface area contributed by atoms with Crippen LogP contribution in [-0.4, -0.2) is 16.7 Å². The molecule has 0 aliphatic heterocycles. The summed E-state index contributed by atoms with van der Waals surface area (Å²) in [5.74, 6) is 0.00956. The molecule has 6 heteroatoms. The Hall–Kier alpha value is -1.43. The first kappa shape index (κ1) is 11.1. The predicted octanol–water partition coefficient (Wildman–Crippen LogP) is 3.07. The van der Waals surface area contributed by atoms with Gasteiger partial charge < -0.3 is 9.84 Å². The summed E-state index contributed by atoms with van der Waals surface area (Å²) in [6.45, 7) is 2.61. The lowest BCUT2D eigenvalue weighted by Crippen LogP contribution is -1.95. The van der Waals surface area contributed by atoms with Gasteiger partial charge in [0.25, 0.3) is 0 Å². The summed E-state index contributed by atoms with van der Waals surface area (Å²) in [4.78, 5) is 4.09. The zero-order valence-electron chi connectivity index (χ0n) is 8.50. The molecular formula is C10H9BrFN3O. The minimum Gasteiger partial charge on any atom is -0.338 e. The fraction of sp³-hybridized carbons (Fsp3) is 0.200. The number of benzene rings is 1. The first-order valence-corrected chi connectivity index (χ1v) is 5.53. The minimum absolute atomic E-state index is 0.327. The molecule has 1 N–H and O–H groups in total. The molecule has 0 saturated carbocycles. The number of anilines is 1. The second-order valence-electron chi connectivity index (χ2n) is 3.08. The summed E-state index contributed by atoms with van der Waals surface area (Å²) >= 11 is 3.31. The molecule has 0 unspecified atom stereocenters. The van der Waals surface area contributed by atoms with Gasteiger partial charge in [0.1, 0.15) is 5.82 Å². The number of hydrogen-bond acceptors (Lipinski definition) is 4. The van der Waals surface area contributed by atoms with Crippen molar-refractivity contribution in [2.24, 2.45) is 0 Å². The smallest absolute Gasteiger partial charge is 0.321 e. The molecule has 16 heavy (non-hydrogen) atoms. The summed E-state index contributed by atoms with van der Waals surface area (Å²) in [5.41, 5.74) is 0.563. The number of hydrogen-bond donors (Lipinski definition) is 1. The maximum absolute atomic E-state index is 13.1. The average Bonchev–Trinajstić information content (AvgIpc) is 2.71. The van der Waals surface area contributed by atoms with E-state index in [0.717, 1.165) is 4.47 Å². The number of nitrogens with zero attached hydrogens (tertiary/aromatic N) is 2. The van der Waals surface area contributed by atoms with E-state index in [1.807, 2.05) is 6.92 Å². The van der Waals surface area contributed by atoms with Crippen LogP contribution in [0.4, 0.5) is 10.4 Å². The third kappa shape index (κ3) is 2.21.